The van der Waals surface area contributed by atoms with Gasteiger partial charge in [0.1, 0.15) is 0 Å². The van der Waals surface area contributed by atoms with Gasteiger partial charge in [-0.2, -0.15) is 0 Å². The summed E-state index contributed by atoms with van der Waals surface area (Å²) >= 11 is 0. The molecule has 0 unspecified atom stereocenters. The summed E-state index contributed by atoms with van der Waals surface area (Å²) in [5.74, 6) is 0. The second kappa shape index (κ2) is 6.38. The molecule has 0 aromatic heterocycles. The van der Waals surface area contributed by atoms with E-state index in [0.29, 0.717) is 0 Å². The quantitative estimate of drug-likeness (QED) is 0.493. The lowest BCUT2D eigenvalue weighted by atomic mass is 9.96. The maximum absolute atomic E-state index is 2.27. The highest BCUT2D eigenvalue weighted by Crippen LogP contribution is 2.29. The van der Waals surface area contributed by atoms with Gasteiger partial charge in [-0.1, -0.05) is 74.5 Å². The standard InChI is InChI=1S/C18H16.C2H6/c1-13-10-11-16(12-14(13)2)18-9-5-7-15-6-3-4-8-17(15)18;1-2/h3-12H,1-2H3;1-2H3. The molecule has 102 valence electrons. The molecule has 0 aliphatic heterocycles. The van der Waals surface area contributed by atoms with Crippen molar-refractivity contribution in [2.45, 2.75) is 27.7 Å². The molecule has 3 aromatic carbocycles. The number of aryl methyl sites for hydroxylation is 2. The van der Waals surface area contributed by atoms with Crippen LogP contribution in [0.25, 0.3) is 21.9 Å². The van der Waals surface area contributed by atoms with E-state index in [1.54, 1.807) is 0 Å². The van der Waals surface area contributed by atoms with Crippen LogP contribution in [0.5, 0.6) is 0 Å². The van der Waals surface area contributed by atoms with Crippen molar-refractivity contribution >= 4 is 10.8 Å². The average Bonchev–Trinajstić information content (AvgIpc) is 2.51. The van der Waals surface area contributed by atoms with Crippen molar-refractivity contribution in [3.8, 4) is 11.1 Å². The van der Waals surface area contributed by atoms with Crippen LogP contribution in [0.3, 0.4) is 0 Å². The summed E-state index contributed by atoms with van der Waals surface area (Å²) < 4.78 is 0. The Morgan fingerprint density at radius 2 is 1.35 bits per heavy atom. The number of rotatable bonds is 1. The minimum absolute atomic E-state index is 1.30. The molecule has 0 heteroatoms. The van der Waals surface area contributed by atoms with E-state index in [4.69, 9.17) is 0 Å². The van der Waals surface area contributed by atoms with E-state index in [9.17, 15) is 0 Å². The van der Waals surface area contributed by atoms with Crippen LogP contribution < -0.4 is 0 Å². The third kappa shape index (κ3) is 2.75. The van der Waals surface area contributed by atoms with Gasteiger partial charge in [0.25, 0.3) is 0 Å². The molecule has 20 heavy (non-hydrogen) atoms. The fraction of sp³-hybridized carbons (Fsp3) is 0.200. The number of hydrogen-bond donors (Lipinski definition) is 0. The van der Waals surface area contributed by atoms with Crippen LogP contribution in [-0.2, 0) is 0 Å². The summed E-state index contributed by atoms with van der Waals surface area (Å²) in [5.41, 5.74) is 5.31. The van der Waals surface area contributed by atoms with Gasteiger partial charge in [-0.15, -0.1) is 0 Å². The van der Waals surface area contributed by atoms with E-state index in [1.807, 2.05) is 13.8 Å². The highest BCUT2D eigenvalue weighted by atomic mass is 14.1. The zero-order valence-corrected chi connectivity index (χ0v) is 12.8. The van der Waals surface area contributed by atoms with Crippen LogP contribution >= 0.6 is 0 Å². The monoisotopic (exact) mass is 262 g/mol. The lowest BCUT2D eigenvalue weighted by Gasteiger charge is -2.09. The van der Waals surface area contributed by atoms with E-state index >= 15 is 0 Å². The van der Waals surface area contributed by atoms with Gasteiger partial charge in [-0.25, -0.2) is 0 Å². The summed E-state index contributed by atoms with van der Waals surface area (Å²) in [6.07, 6.45) is 0. The zero-order chi connectivity index (χ0) is 14.5. The van der Waals surface area contributed by atoms with Crippen LogP contribution in [0, 0.1) is 13.8 Å². The van der Waals surface area contributed by atoms with Crippen molar-refractivity contribution < 1.29 is 0 Å². The molecule has 0 fully saturated rings. The molecule has 0 heterocycles. The summed E-state index contributed by atoms with van der Waals surface area (Å²) in [7, 11) is 0. The van der Waals surface area contributed by atoms with E-state index < -0.39 is 0 Å². The first-order valence-corrected chi connectivity index (χ1v) is 7.31. The predicted octanol–water partition coefficient (Wildman–Crippen LogP) is 6.15. The molecule has 0 saturated heterocycles. The van der Waals surface area contributed by atoms with Gasteiger partial charge in [0.2, 0.25) is 0 Å². The first-order valence-electron chi connectivity index (χ1n) is 7.31. The highest BCUT2D eigenvalue weighted by molar-refractivity contribution is 5.96. The normalized spacial score (nSPS) is 10.0. The van der Waals surface area contributed by atoms with Crippen LogP contribution in [0.2, 0.25) is 0 Å². The van der Waals surface area contributed by atoms with E-state index in [1.165, 1.54) is 33.0 Å². The second-order valence-electron chi connectivity index (χ2n) is 4.83. The minimum Gasteiger partial charge on any atom is -0.0683 e. The van der Waals surface area contributed by atoms with Gasteiger partial charge in [-0.05, 0) is 46.9 Å². The van der Waals surface area contributed by atoms with Gasteiger partial charge in [0.05, 0.1) is 0 Å². The molecular weight excluding hydrogens is 240 g/mol. The molecule has 3 aromatic rings. The Hall–Kier alpha value is -2.08. The third-order valence-corrected chi connectivity index (χ3v) is 3.61. The molecule has 0 aliphatic carbocycles. The summed E-state index contributed by atoms with van der Waals surface area (Å²) in [5, 5.41) is 2.62. The molecule has 0 spiro atoms. The SMILES string of the molecule is CC.Cc1ccc(-c2cccc3ccccc23)cc1C. The van der Waals surface area contributed by atoms with Gasteiger partial charge in [-0.3, -0.25) is 0 Å². The molecule has 0 N–H and O–H groups in total. The van der Waals surface area contributed by atoms with Crippen LogP contribution in [0.1, 0.15) is 25.0 Å². The maximum Gasteiger partial charge on any atom is -0.0105 e. The van der Waals surface area contributed by atoms with Gasteiger partial charge < -0.3 is 0 Å². The van der Waals surface area contributed by atoms with Crippen LogP contribution in [0.15, 0.2) is 60.7 Å². The van der Waals surface area contributed by atoms with Crippen molar-refractivity contribution in [2.24, 2.45) is 0 Å². The van der Waals surface area contributed by atoms with Crippen LogP contribution in [0.4, 0.5) is 0 Å². The molecule has 3 rings (SSSR count). The van der Waals surface area contributed by atoms with Gasteiger partial charge in [0.15, 0.2) is 0 Å². The summed E-state index contributed by atoms with van der Waals surface area (Å²) in [6, 6.07) is 21.7. The largest absolute Gasteiger partial charge is 0.0683 e. The second-order valence-corrected chi connectivity index (χ2v) is 4.83. The van der Waals surface area contributed by atoms with Crippen LogP contribution in [-0.4, -0.2) is 0 Å². The topological polar surface area (TPSA) is 0 Å². The summed E-state index contributed by atoms with van der Waals surface area (Å²) in [4.78, 5) is 0. The molecule has 0 amide bonds. The van der Waals surface area contributed by atoms with Crippen molar-refractivity contribution in [3.63, 3.8) is 0 Å². The molecular formula is C20H22. The lowest BCUT2D eigenvalue weighted by Crippen LogP contribution is -1.85. The Morgan fingerprint density at radius 3 is 2.10 bits per heavy atom. The Balaban J connectivity index is 0.000000704. The van der Waals surface area contributed by atoms with Gasteiger partial charge in [0, 0.05) is 0 Å². The van der Waals surface area contributed by atoms with E-state index in [0.717, 1.165) is 0 Å². The first-order chi connectivity index (χ1) is 9.75. The Bertz CT molecular complexity index is 703. The van der Waals surface area contributed by atoms with Crippen molar-refractivity contribution in [1.82, 2.24) is 0 Å². The van der Waals surface area contributed by atoms with Crippen molar-refractivity contribution in [3.05, 3.63) is 71.8 Å². The first kappa shape index (κ1) is 14.3. The molecule has 0 saturated carbocycles. The minimum atomic E-state index is 1.30. The number of benzene rings is 3. The van der Waals surface area contributed by atoms with E-state index in [2.05, 4.69) is 74.5 Å². The Kier molecular flexibility index (Phi) is 4.57. The fourth-order valence-electron chi connectivity index (χ4n) is 2.39. The molecule has 0 atom stereocenters. The lowest BCUT2D eigenvalue weighted by molar-refractivity contribution is 1.34. The smallest absolute Gasteiger partial charge is 0.0105 e. The van der Waals surface area contributed by atoms with Crippen molar-refractivity contribution in [1.29, 1.82) is 0 Å². The molecule has 0 bridgehead atoms. The predicted molar refractivity (Wildman–Crippen MR) is 90.2 cm³/mol. The highest BCUT2D eigenvalue weighted by Gasteiger charge is 2.04. The number of fused-ring (bicyclic) bond motifs is 1. The number of hydrogen-bond acceptors (Lipinski definition) is 0. The van der Waals surface area contributed by atoms with Crippen molar-refractivity contribution in [2.75, 3.05) is 0 Å². The van der Waals surface area contributed by atoms with E-state index in [-0.39, 0.29) is 0 Å². The fourth-order valence-corrected chi connectivity index (χ4v) is 2.39. The Labute approximate surface area is 122 Å². The van der Waals surface area contributed by atoms with Gasteiger partial charge >= 0.3 is 0 Å². The zero-order valence-electron chi connectivity index (χ0n) is 12.8. The molecule has 0 nitrogen and oxygen atoms in total. The summed E-state index contributed by atoms with van der Waals surface area (Å²) in [6.45, 7) is 8.33. The third-order valence-electron chi connectivity index (χ3n) is 3.61. The maximum atomic E-state index is 2.27. The molecule has 0 aliphatic rings. The molecule has 0 radical (unpaired) electrons. The Morgan fingerprint density at radius 1 is 0.650 bits per heavy atom. The average molecular weight is 262 g/mol.